The summed E-state index contributed by atoms with van der Waals surface area (Å²) in [4.78, 5) is 16.4. The molecule has 1 heterocycles. The van der Waals surface area contributed by atoms with Crippen LogP contribution in [0, 0.1) is 6.92 Å². The number of carbonyl (C=O) groups excluding carboxylic acids is 1. The zero-order valence-electron chi connectivity index (χ0n) is 15.4. The van der Waals surface area contributed by atoms with Gasteiger partial charge in [-0.15, -0.1) is 0 Å². The molecular formula is C22H19N3O3. The van der Waals surface area contributed by atoms with Crippen molar-refractivity contribution in [3.8, 4) is 17.1 Å². The van der Waals surface area contributed by atoms with E-state index >= 15 is 0 Å². The van der Waals surface area contributed by atoms with Crippen LogP contribution in [-0.4, -0.2) is 22.7 Å². The van der Waals surface area contributed by atoms with E-state index in [1.54, 1.807) is 0 Å². The molecule has 0 fully saturated rings. The third kappa shape index (κ3) is 4.01. The summed E-state index contributed by atoms with van der Waals surface area (Å²) < 4.78 is 10.9. The minimum absolute atomic E-state index is 0.0903. The first-order chi connectivity index (χ1) is 13.7. The first-order valence-electron chi connectivity index (χ1n) is 8.96. The lowest BCUT2D eigenvalue weighted by Crippen LogP contribution is -2.28. The lowest BCUT2D eigenvalue weighted by atomic mass is 10.1. The van der Waals surface area contributed by atoms with Crippen LogP contribution in [0.3, 0.4) is 0 Å². The lowest BCUT2D eigenvalue weighted by molar-refractivity contribution is -0.123. The fourth-order valence-electron chi connectivity index (χ4n) is 2.84. The Balaban J connectivity index is 1.33. The first kappa shape index (κ1) is 17.7. The molecule has 0 saturated carbocycles. The molecule has 0 bridgehead atoms. The minimum Gasteiger partial charge on any atom is -0.483 e. The summed E-state index contributed by atoms with van der Waals surface area (Å²) in [7, 11) is 0. The van der Waals surface area contributed by atoms with E-state index in [1.165, 1.54) is 0 Å². The standard InChI is InChI=1S/C22H19N3O3/c1-15-9-11-17(12-10-15)22-24-21(28-25-22)13-23-20(26)14-27-19-8-4-6-16-5-2-3-7-18(16)19/h2-12H,13-14H2,1H3,(H,23,26). The van der Waals surface area contributed by atoms with Gasteiger partial charge in [0.2, 0.25) is 11.7 Å². The Bertz CT molecular complexity index is 1100. The van der Waals surface area contributed by atoms with Gasteiger partial charge in [-0.1, -0.05) is 71.4 Å². The number of aromatic nitrogens is 2. The number of rotatable bonds is 6. The van der Waals surface area contributed by atoms with Crippen LogP contribution in [-0.2, 0) is 11.3 Å². The Morgan fingerprint density at radius 3 is 2.68 bits per heavy atom. The number of hydrogen-bond donors (Lipinski definition) is 1. The number of ether oxygens (including phenoxy) is 1. The summed E-state index contributed by atoms with van der Waals surface area (Å²) in [6.07, 6.45) is 0. The monoisotopic (exact) mass is 373 g/mol. The summed E-state index contributed by atoms with van der Waals surface area (Å²) in [5.74, 6) is 1.25. The smallest absolute Gasteiger partial charge is 0.258 e. The molecule has 6 heteroatoms. The highest BCUT2D eigenvalue weighted by molar-refractivity contribution is 5.88. The molecule has 28 heavy (non-hydrogen) atoms. The molecule has 0 radical (unpaired) electrons. The van der Waals surface area contributed by atoms with Gasteiger partial charge >= 0.3 is 0 Å². The first-order valence-corrected chi connectivity index (χ1v) is 8.96. The van der Waals surface area contributed by atoms with Crippen molar-refractivity contribution in [2.45, 2.75) is 13.5 Å². The van der Waals surface area contributed by atoms with Gasteiger partial charge in [-0.25, -0.2) is 0 Å². The van der Waals surface area contributed by atoms with Crippen LogP contribution in [0.4, 0.5) is 0 Å². The molecule has 1 N–H and O–H groups in total. The summed E-state index contributed by atoms with van der Waals surface area (Å²) in [6.45, 7) is 2.07. The Kier molecular flexibility index (Phi) is 5.01. The normalized spacial score (nSPS) is 10.8. The SMILES string of the molecule is Cc1ccc(-c2noc(CNC(=O)COc3cccc4ccccc34)n2)cc1. The maximum absolute atomic E-state index is 12.1. The molecule has 0 aliphatic carbocycles. The van der Waals surface area contributed by atoms with Crippen molar-refractivity contribution in [1.82, 2.24) is 15.5 Å². The second-order valence-electron chi connectivity index (χ2n) is 6.42. The van der Waals surface area contributed by atoms with E-state index in [9.17, 15) is 4.79 Å². The van der Waals surface area contributed by atoms with E-state index in [-0.39, 0.29) is 19.1 Å². The van der Waals surface area contributed by atoms with Gasteiger partial charge < -0.3 is 14.6 Å². The molecule has 0 spiro atoms. The number of amides is 1. The van der Waals surface area contributed by atoms with Gasteiger partial charge in [0.15, 0.2) is 6.61 Å². The van der Waals surface area contributed by atoms with Crippen molar-refractivity contribution in [3.05, 3.63) is 78.2 Å². The number of nitrogens with one attached hydrogen (secondary N) is 1. The summed E-state index contributed by atoms with van der Waals surface area (Å²) >= 11 is 0. The van der Waals surface area contributed by atoms with E-state index in [0.717, 1.165) is 21.9 Å². The topological polar surface area (TPSA) is 77.2 Å². The fourth-order valence-corrected chi connectivity index (χ4v) is 2.84. The molecule has 6 nitrogen and oxygen atoms in total. The van der Waals surface area contributed by atoms with Crippen molar-refractivity contribution in [2.24, 2.45) is 0 Å². The second kappa shape index (κ2) is 7.92. The summed E-state index contributed by atoms with van der Waals surface area (Å²) in [5, 5.41) is 8.72. The van der Waals surface area contributed by atoms with E-state index in [4.69, 9.17) is 9.26 Å². The molecule has 0 aliphatic rings. The summed E-state index contributed by atoms with van der Waals surface area (Å²) in [5.41, 5.74) is 2.03. The highest BCUT2D eigenvalue weighted by Crippen LogP contribution is 2.25. The highest BCUT2D eigenvalue weighted by Gasteiger charge is 2.11. The molecule has 0 saturated heterocycles. The van der Waals surface area contributed by atoms with Crippen molar-refractivity contribution in [3.63, 3.8) is 0 Å². The van der Waals surface area contributed by atoms with Crippen molar-refractivity contribution < 1.29 is 14.1 Å². The van der Waals surface area contributed by atoms with Crippen LogP contribution < -0.4 is 10.1 Å². The van der Waals surface area contributed by atoms with Crippen LogP contribution in [0.25, 0.3) is 22.2 Å². The van der Waals surface area contributed by atoms with Crippen LogP contribution in [0.2, 0.25) is 0 Å². The van der Waals surface area contributed by atoms with Crippen molar-refractivity contribution in [2.75, 3.05) is 6.61 Å². The Morgan fingerprint density at radius 2 is 1.82 bits per heavy atom. The van der Waals surface area contributed by atoms with Gasteiger partial charge in [0.1, 0.15) is 5.75 Å². The van der Waals surface area contributed by atoms with E-state index < -0.39 is 0 Å². The fraction of sp³-hybridized carbons (Fsp3) is 0.136. The quantitative estimate of drug-likeness (QED) is 0.555. The third-order valence-electron chi connectivity index (χ3n) is 4.32. The summed E-state index contributed by atoms with van der Waals surface area (Å²) in [6, 6.07) is 21.5. The van der Waals surface area contributed by atoms with Gasteiger partial charge in [-0.3, -0.25) is 4.79 Å². The predicted octanol–water partition coefficient (Wildman–Crippen LogP) is 3.89. The molecule has 1 aromatic heterocycles. The van der Waals surface area contributed by atoms with Crippen LogP contribution in [0.15, 0.2) is 71.3 Å². The van der Waals surface area contributed by atoms with Crippen molar-refractivity contribution >= 4 is 16.7 Å². The Hall–Kier alpha value is -3.67. The molecule has 0 atom stereocenters. The van der Waals surface area contributed by atoms with E-state index in [1.807, 2.05) is 73.7 Å². The zero-order chi connectivity index (χ0) is 19.3. The third-order valence-corrected chi connectivity index (χ3v) is 4.32. The van der Waals surface area contributed by atoms with Gasteiger partial charge in [0, 0.05) is 10.9 Å². The maximum atomic E-state index is 12.1. The molecule has 1 amide bonds. The number of nitrogens with zero attached hydrogens (tertiary/aromatic N) is 2. The molecule has 0 unspecified atom stereocenters. The van der Waals surface area contributed by atoms with Crippen LogP contribution in [0.1, 0.15) is 11.5 Å². The molecule has 4 rings (SSSR count). The van der Waals surface area contributed by atoms with Crippen molar-refractivity contribution in [1.29, 1.82) is 0 Å². The van der Waals surface area contributed by atoms with Gasteiger partial charge in [-0.2, -0.15) is 4.98 Å². The van der Waals surface area contributed by atoms with E-state index in [0.29, 0.717) is 17.5 Å². The molecule has 0 aliphatic heterocycles. The van der Waals surface area contributed by atoms with Gasteiger partial charge in [0.25, 0.3) is 5.91 Å². The minimum atomic E-state index is -0.261. The molecular weight excluding hydrogens is 354 g/mol. The largest absolute Gasteiger partial charge is 0.483 e. The predicted molar refractivity (Wildman–Crippen MR) is 106 cm³/mol. The zero-order valence-corrected chi connectivity index (χ0v) is 15.4. The number of carbonyl (C=O) groups is 1. The maximum Gasteiger partial charge on any atom is 0.258 e. The second-order valence-corrected chi connectivity index (χ2v) is 6.42. The van der Waals surface area contributed by atoms with Crippen LogP contribution in [0.5, 0.6) is 5.75 Å². The number of aryl methyl sites for hydroxylation is 1. The molecule has 3 aromatic carbocycles. The Labute approximate surface area is 162 Å². The highest BCUT2D eigenvalue weighted by atomic mass is 16.5. The number of hydrogen-bond acceptors (Lipinski definition) is 5. The van der Waals surface area contributed by atoms with Crippen LogP contribution >= 0.6 is 0 Å². The molecule has 4 aromatic rings. The average molecular weight is 373 g/mol. The lowest BCUT2D eigenvalue weighted by Gasteiger charge is -2.09. The number of benzene rings is 3. The van der Waals surface area contributed by atoms with E-state index in [2.05, 4.69) is 15.5 Å². The Morgan fingerprint density at radius 1 is 1.04 bits per heavy atom. The number of fused-ring (bicyclic) bond motifs is 1. The van der Waals surface area contributed by atoms with Gasteiger partial charge in [-0.05, 0) is 18.4 Å². The average Bonchev–Trinajstić information content (AvgIpc) is 3.20. The van der Waals surface area contributed by atoms with Gasteiger partial charge in [0.05, 0.1) is 6.54 Å². The molecule has 140 valence electrons.